The van der Waals surface area contributed by atoms with Crippen LogP contribution in [0, 0.1) is 0 Å². The summed E-state index contributed by atoms with van der Waals surface area (Å²) in [6, 6.07) is 9.11. The minimum absolute atomic E-state index is 0.489. The lowest BCUT2D eigenvalue weighted by molar-refractivity contribution is 0.589. The largest absolute Gasteiger partial charge is 0.437 e. The molecule has 0 amide bonds. The van der Waals surface area contributed by atoms with Crippen LogP contribution in [0.1, 0.15) is 0 Å². The zero-order valence-corrected chi connectivity index (χ0v) is 12.1. The molecule has 0 aliphatic heterocycles. The number of hydrogen-bond donors (Lipinski definition) is 0. The minimum Gasteiger partial charge on any atom is -0.437 e. The summed E-state index contributed by atoms with van der Waals surface area (Å²) in [6.07, 6.45) is 3.42. The molecule has 0 atom stereocenters. The lowest BCUT2D eigenvalue weighted by Crippen LogP contribution is -2.05. The van der Waals surface area contributed by atoms with Crippen LogP contribution >= 0.6 is 23.2 Å². The quantitative estimate of drug-likeness (QED) is 0.683. The fourth-order valence-corrected chi connectivity index (χ4v) is 2.21. The van der Waals surface area contributed by atoms with E-state index in [1.807, 2.05) is 26.0 Å². The van der Waals surface area contributed by atoms with Crippen LogP contribution in [0.3, 0.4) is 0 Å². The van der Waals surface area contributed by atoms with Crippen LogP contribution in [-0.2, 0) is 0 Å². The molecule has 20 heavy (non-hydrogen) atoms. The second-order valence-corrected chi connectivity index (χ2v) is 5.12. The Kier molecular flexibility index (Phi) is 3.51. The summed E-state index contributed by atoms with van der Waals surface area (Å²) in [5.74, 6) is 1.22. The zero-order chi connectivity index (χ0) is 14.1. The van der Waals surface area contributed by atoms with Gasteiger partial charge in [0.1, 0.15) is 5.76 Å². The van der Waals surface area contributed by atoms with Gasteiger partial charge in [0.15, 0.2) is 7.85 Å². The number of hydrogen-bond acceptors (Lipinski definition) is 3. The summed E-state index contributed by atoms with van der Waals surface area (Å²) in [4.78, 5) is 8.49. The Labute approximate surface area is 127 Å². The van der Waals surface area contributed by atoms with Crippen LogP contribution in [0.5, 0.6) is 0 Å². The molecule has 3 rings (SSSR count). The number of halogens is 2. The molecule has 2 heterocycles. The Bertz CT molecular complexity index is 759. The highest BCUT2D eigenvalue weighted by molar-refractivity contribution is 6.42. The highest BCUT2D eigenvalue weighted by Crippen LogP contribution is 2.29. The van der Waals surface area contributed by atoms with Crippen molar-refractivity contribution in [3.8, 4) is 22.8 Å². The Morgan fingerprint density at radius 1 is 1.05 bits per heavy atom. The Morgan fingerprint density at radius 2 is 1.90 bits per heavy atom. The maximum absolute atomic E-state index is 6.04. The van der Waals surface area contributed by atoms with E-state index in [0.29, 0.717) is 21.7 Å². The molecule has 0 bridgehead atoms. The molecule has 0 unspecified atom stereocenters. The Balaban J connectivity index is 2.07. The van der Waals surface area contributed by atoms with E-state index in [1.165, 1.54) is 0 Å². The van der Waals surface area contributed by atoms with Crippen molar-refractivity contribution >= 4 is 36.6 Å². The van der Waals surface area contributed by atoms with Crippen molar-refractivity contribution in [1.29, 1.82) is 0 Å². The molecule has 0 spiro atoms. The normalized spacial score (nSPS) is 10.7. The third kappa shape index (κ3) is 2.44. The lowest BCUT2D eigenvalue weighted by Gasteiger charge is -2.00. The van der Waals surface area contributed by atoms with Crippen molar-refractivity contribution in [2.24, 2.45) is 0 Å². The van der Waals surface area contributed by atoms with Gasteiger partial charge < -0.3 is 4.42 Å². The number of benzene rings is 1. The predicted octanol–water partition coefficient (Wildman–Crippen LogP) is 2.97. The predicted molar refractivity (Wildman–Crippen MR) is 83.4 cm³/mol. The minimum atomic E-state index is 0.489. The Morgan fingerprint density at radius 3 is 2.60 bits per heavy atom. The van der Waals surface area contributed by atoms with Gasteiger partial charge in [0.2, 0.25) is 5.89 Å². The maximum atomic E-state index is 6.04. The molecule has 2 aromatic heterocycles. The number of pyridine rings is 1. The molecular weight excluding hydrogens is 294 g/mol. The van der Waals surface area contributed by atoms with Crippen molar-refractivity contribution in [3.63, 3.8) is 0 Å². The van der Waals surface area contributed by atoms with Crippen molar-refractivity contribution in [1.82, 2.24) is 9.97 Å². The van der Waals surface area contributed by atoms with Gasteiger partial charge in [-0.3, -0.25) is 4.98 Å². The topological polar surface area (TPSA) is 38.9 Å². The standard InChI is InChI=1S/C14H9BCl2N2O/c15-13-12(8-3-4-10(16)11(17)6-8)20-14(19-13)9-2-1-5-18-7-9/h1-7H,15H2. The van der Waals surface area contributed by atoms with Crippen molar-refractivity contribution in [2.45, 2.75) is 0 Å². The molecule has 6 heteroatoms. The van der Waals surface area contributed by atoms with E-state index in [9.17, 15) is 0 Å². The van der Waals surface area contributed by atoms with E-state index >= 15 is 0 Å². The molecule has 0 aliphatic rings. The smallest absolute Gasteiger partial charge is 0.227 e. The molecule has 0 aliphatic carbocycles. The molecule has 0 saturated carbocycles. The molecule has 0 N–H and O–H groups in total. The second kappa shape index (κ2) is 5.31. The van der Waals surface area contributed by atoms with Crippen LogP contribution in [0.15, 0.2) is 47.1 Å². The molecule has 1 aromatic carbocycles. The molecular formula is C14H9BCl2N2O. The van der Waals surface area contributed by atoms with E-state index in [4.69, 9.17) is 27.6 Å². The van der Waals surface area contributed by atoms with E-state index in [-0.39, 0.29) is 0 Å². The van der Waals surface area contributed by atoms with E-state index in [2.05, 4.69) is 9.97 Å². The van der Waals surface area contributed by atoms with Gasteiger partial charge in [-0.2, -0.15) is 0 Å². The number of nitrogens with zero attached hydrogens (tertiary/aromatic N) is 2. The van der Waals surface area contributed by atoms with Crippen LogP contribution in [0.2, 0.25) is 10.0 Å². The fourth-order valence-electron chi connectivity index (χ4n) is 1.91. The van der Waals surface area contributed by atoms with Gasteiger partial charge in [-0.05, 0) is 30.3 Å². The molecule has 98 valence electrons. The molecule has 3 aromatic rings. The molecule has 0 saturated heterocycles. The van der Waals surface area contributed by atoms with Crippen LogP contribution in [0.25, 0.3) is 22.8 Å². The zero-order valence-electron chi connectivity index (χ0n) is 10.6. The summed E-state index contributed by atoms with van der Waals surface area (Å²) < 4.78 is 5.83. The maximum Gasteiger partial charge on any atom is 0.227 e. The van der Waals surface area contributed by atoms with Crippen molar-refractivity contribution in [3.05, 3.63) is 52.8 Å². The summed E-state index contributed by atoms with van der Waals surface area (Å²) in [5, 5.41) is 1.00. The van der Waals surface area contributed by atoms with Gasteiger partial charge in [-0.1, -0.05) is 23.2 Å². The van der Waals surface area contributed by atoms with Gasteiger partial charge in [0, 0.05) is 23.6 Å². The first-order chi connectivity index (χ1) is 9.65. The average Bonchev–Trinajstić information content (AvgIpc) is 2.85. The van der Waals surface area contributed by atoms with Gasteiger partial charge in [0.05, 0.1) is 15.6 Å². The Hall–Kier alpha value is -1.78. The highest BCUT2D eigenvalue weighted by Gasteiger charge is 2.14. The van der Waals surface area contributed by atoms with Gasteiger partial charge in [-0.25, -0.2) is 4.98 Å². The number of oxazole rings is 1. The molecule has 0 radical (unpaired) electrons. The second-order valence-electron chi connectivity index (χ2n) is 4.30. The van der Waals surface area contributed by atoms with Crippen LogP contribution in [-0.4, -0.2) is 17.8 Å². The fraction of sp³-hybridized carbons (Fsp3) is 0. The third-order valence-corrected chi connectivity index (χ3v) is 3.63. The van der Waals surface area contributed by atoms with Crippen molar-refractivity contribution in [2.75, 3.05) is 0 Å². The first-order valence-electron chi connectivity index (χ1n) is 5.98. The van der Waals surface area contributed by atoms with Crippen molar-refractivity contribution < 1.29 is 4.42 Å². The van der Waals surface area contributed by atoms with Crippen LogP contribution in [0.4, 0.5) is 0 Å². The van der Waals surface area contributed by atoms with E-state index in [0.717, 1.165) is 16.7 Å². The summed E-state index contributed by atoms with van der Waals surface area (Å²) in [7, 11) is 1.89. The number of rotatable bonds is 2. The number of aromatic nitrogens is 2. The van der Waals surface area contributed by atoms with Gasteiger partial charge in [0.25, 0.3) is 0 Å². The van der Waals surface area contributed by atoms with E-state index in [1.54, 1.807) is 24.5 Å². The molecule has 0 fully saturated rings. The van der Waals surface area contributed by atoms with Gasteiger partial charge >= 0.3 is 0 Å². The van der Waals surface area contributed by atoms with E-state index < -0.39 is 0 Å². The first kappa shape index (κ1) is 13.2. The highest BCUT2D eigenvalue weighted by atomic mass is 35.5. The van der Waals surface area contributed by atoms with Gasteiger partial charge in [-0.15, -0.1) is 0 Å². The third-order valence-electron chi connectivity index (χ3n) is 2.89. The van der Waals surface area contributed by atoms with Crippen LogP contribution < -0.4 is 5.59 Å². The first-order valence-corrected chi connectivity index (χ1v) is 6.74. The average molecular weight is 303 g/mol. The summed E-state index contributed by atoms with van der Waals surface area (Å²) >= 11 is 12.0. The summed E-state index contributed by atoms with van der Waals surface area (Å²) in [5.41, 5.74) is 2.48. The summed E-state index contributed by atoms with van der Waals surface area (Å²) in [6.45, 7) is 0. The molecule has 3 nitrogen and oxygen atoms in total. The lowest BCUT2D eigenvalue weighted by atomic mass is 9.99. The SMILES string of the molecule is Bc1nc(-c2cccnc2)oc1-c1ccc(Cl)c(Cl)c1. The monoisotopic (exact) mass is 302 g/mol.